The lowest BCUT2D eigenvalue weighted by Gasteiger charge is -2.56. The first-order chi connectivity index (χ1) is 15.4. The van der Waals surface area contributed by atoms with Crippen LogP contribution in [0.2, 0.25) is 0 Å². The fraction of sp³-hybridized carbons (Fsp3) is 0.400. The van der Waals surface area contributed by atoms with Gasteiger partial charge in [0.15, 0.2) is 6.04 Å². The second-order valence-electron chi connectivity index (χ2n) is 6.99. The second kappa shape index (κ2) is 11.2. The van der Waals surface area contributed by atoms with Crippen LogP contribution >= 0.6 is 18.4 Å². The molecule has 1 unspecified atom stereocenters. The zero-order valence-electron chi connectivity index (χ0n) is 17.8. The van der Waals surface area contributed by atoms with Crippen molar-refractivity contribution in [1.82, 2.24) is 5.32 Å². The van der Waals surface area contributed by atoms with Crippen molar-refractivity contribution in [2.75, 3.05) is 32.3 Å². The number of rotatable bonds is 8. The number of phosphoric acid groups is 1. The Morgan fingerprint density at radius 3 is 2.33 bits per heavy atom. The summed E-state index contributed by atoms with van der Waals surface area (Å²) < 4.78 is 44.4. The molecule has 1 atom stereocenters. The molecule has 0 saturated carbocycles. The van der Waals surface area contributed by atoms with Crippen molar-refractivity contribution < 1.29 is 47.0 Å². The Kier molecular flexibility index (Phi) is 9.09. The Balaban J connectivity index is 2.01. The highest BCUT2D eigenvalue weighted by Gasteiger charge is 2.57. The SMILES string of the molecule is COC(=O)C(NC(=O)c1ccc(C#CC#CCCOP(=O)(O)O)cc1)C1(OC)CS(O)(O)C1. The number of nitrogens with one attached hydrogen (secondary N) is 1. The first-order valence-electron chi connectivity index (χ1n) is 9.38. The molecule has 1 heterocycles. The highest BCUT2D eigenvalue weighted by Crippen LogP contribution is 2.56. The summed E-state index contributed by atoms with van der Waals surface area (Å²) in [7, 11) is -4.90. The van der Waals surface area contributed by atoms with E-state index in [0.29, 0.717) is 5.56 Å². The summed E-state index contributed by atoms with van der Waals surface area (Å²) in [6.07, 6.45) is 0.0956. The van der Waals surface area contributed by atoms with Crippen LogP contribution in [0, 0.1) is 23.7 Å². The van der Waals surface area contributed by atoms with E-state index < -0.39 is 41.9 Å². The Morgan fingerprint density at radius 1 is 1.18 bits per heavy atom. The Labute approximate surface area is 192 Å². The zero-order chi connectivity index (χ0) is 24.7. The van der Waals surface area contributed by atoms with Gasteiger partial charge in [-0.1, -0.05) is 11.8 Å². The maximum Gasteiger partial charge on any atom is 0.469 e. The maximum absolute atomic E-state index is 12.7. The van der Waals surface area contributed by atoms with Gasteiger partial charge in [0.2, 0.25) is 0 Å². The van der Waals surface area contributed by atoms with Crippen LogP contribution in [0.5, 0.6) is 0 Å². The van der Waals surface area contributed by atoms with Gasteiger partial charge in [0.25, 0.3) is 5.91 Å². The van der Waals surface area contributed by atoms with E-state index in [-0.39, 0.29) is 30.1 Å². The third-order valence-electron chi connectivity index (χ3n) is 4.59. The van der Waals surface area contributed by atoms with Crippen molar-refractivity contribution in [1.29, 1.82) is 0 Å². The molecule has 0 radical (unpaired) electrons. The van der Waals surface area contributed by atoms with Crippen LogP contribution in [-0.4, -0.2) is 74.7 Å². The van der Waals surface area contributed by atoms with E-state index in [1.807, 2.05) is 0 Å². The predicted octanol–water partition coefficient (Wildman–Crippen LogP) is 0.962. The minimum absolute atomic E-state index is 0.0956. The van der Waals surface area contributed by atoms with Crippen molar-refractivity contribution in [3.05, 3.63) is 35.4 Å². The second-order valence-corrected chi connectivity index (χ2v) is 10.4. The molecule has 13 heteroatoms. The van der Waals surface area contributed by atoms with Crippen LogP contribution in [0.15, 0.2) is 24.3 Å². The number of ether oxygens (including phenoxy) is 2. The summed E-state index contributed by atoms with van der Waals surface area (Å²) in [4.78, 5) is 42.0. The molecule has 1 fully saturated rings. The molecule has 0 aliphatic carbocycles. The van der Waals surface area contributed by atoms with Gasteiger partial charge in [0.1, 0.15) is 5.60 Å². The lowest BCUT2D eigenvalue weighted by Crippen LogP contribution is -2.68. The predicted molar refractivity (Wildman–Crippen MR) is 119 cm³/mol. The van der Waals surface area contributed by atoms with Gasteiger partial charge in [-0.3, -0.25) is 18.4 Å². The normalized spacial score (nSPS) is 17.6. The van der Waals surface area contributed by atoms with Gasteiger partial charge < -0.3 is 24.6 Å². The van der Waals surface area contributed by atoms with E-state index in [0.717, 1.165) is 7.11 Å². The molecular weight excluding hydrogens is 477 g/mol. The zero-order valence-corrected chi connectivity index (χ0v) is 19.5. The molecule has 33 heavy (non-hydrogen) atoms. The lowest BCUT2D eigenvalue weighted by molar-refractivity contribution is -0.151. The van der Waals surface area contributed by atoms with Gasteiger partial charge in [-0.2, -0.15) is 10.6 Å². The van der Waals surface area contributed by atoms with Crippen LogP contribution in [0.1, 0.15) is 22.3 Å². The number of carbonyl (C=O) groups is 2. The first-order valence-corrected chi connectivity index (χ1v) is 12.8. The molecule has 0 bridgehead atoms. The van der Waals surface area contributed by atoms with Crippen LogP contribution in [0.25, 0.3) is 0 Å². The molecule has 1 aromatic carbocycles. The number of benzene rings is 1. The van der Waals surface area contributed by atoms with E-state index in [2.05, 4.69) is 33.5 Å². The van der Waals surface area contributed by atoms with Gasteiger partial charge in [0, 0.05) is 24.7 Å². The van der Waals surface area contributed by atoms with Crippen molar-refractivity contribution in [2.45, 2.75) is 18.1 Å². The average molecular weight is 501 g/mol. The first kappa shape index (κ1) is 26.9. The van der Waals surface area contributed by atoms with E-state index >= 15 is 0 Å². The van der Waals surface area contributed by atoms with Crippen molar-refractivity contribution >= 4 is 30.3 Å². The Morgan fingerprint density at radius 2 is 1.82 bits per heavy atom. The maximum atomic E-state index is 12.7. The number of esters is 1. The largest absolute Gasteiger partial charge is 0.469 e. The number of hydrogen-bond donors (Lipinski definition) is 5. The highest BCUT2D eigenvalue weighted by molar-refractivity contribution is 8.25. The number of carbonyl (C=O) groups excluding carboxylic acids is 2. The van der Waals surface area contributed by atoms with Crippen LogP contribution < -0.4 is 5.32 Å². The molecule has 11 nitrogen and oxygen atoms in total. The summed E-state index contributed by atoms with van der Waals surface area (Å²) in [5, 5.41) is 2.54. The fourth-order valence-electron chi connectivity index (χ4n) is 3.01. The molecule has 1 saturated heterocycles. The van der Waals surface area contributed by atoms with Crippen LogP contribution in [-0.2, 0) is 23.4 Å². The van der Waals surface area contributed by atoms with E-state index in [9.17, 15) is 23.3 Å². The van der Waals surface area contributed by atoms with Crippen LogP contribution in [0.3, 0.4) is 0 Å². The molecular formula is C20H24NO10PS. The monoisotopic (exact) mass is 501 g/mol. The third-order valence-corrected chi connectivity index (χ3v) is 7.01. The molecule has 1 aliphatic heterocycles. The van der Waals surface area contributed by atoms with Crippen molar-refractivity contribution in [3.8, 4) is 23.7 Å². The lowest BCUT2D eigenvalue weighted by atomic mass is 9.96. The third kappa shape index (κ3) is 7.86. The smallest absolute Gasteiger partial charge is 0.467 e. The van der Waals surface area contributed by atoms with E-state index in [4.69, 9.17) is 19.3 Å². The standard InChI is InChI=1S/C20H24NO10PS/c1-29-19(23)17(20(30-2)13-33(27,28)14-20)21-18(22)16-10-8-15(9-11-16)7-5-3-4-6-12-31-32(24,25)26/h8-11,17,27-28H,6,12-14H2,1-2H3,(H,21,22)(H2,24,25,26). The molecule has 5 N–H and O–H groups in total. The number of hydrogen-bond acceptors (Lipinski definition) is 8. The molecule has 180 valence electrons. The van der Waals surface area contributed by atoms with Gasteiger partial charge in [0.05, 0.1) is 25.2 Å². The summed E-state index contributed by atoms with van der Waals surface area (Å²) in [5.74, 6) is 8.67. The highest BCUT2D eigenvalue weighted by atomic mass is 32.3. The van der Waals surface area contributed by atoms with Crippen LogP contribution in [0.4, 0.5) is 0 Å². The summed E-state index contributed by atoms with van der Waals surface area (Å²) in [6.45, 7) is -0.224. The molecule has 1 amide bonds. The summed E-state index contributed by atoms with van der Waals surface area (Å²) in [6, 6.07) is 4.88. The molecule has 0 spiro atoms. The van der Waals surface area contributed by atoms with Crippen molar-refractivity contribution in [2.24, 2.45) is 0 Å². The molecule has 1 aliphatic rings. The number of phosphoric ester groups is 1. The Hall–Kier alpha value is -2.38. The van der Waals surface area contributed by atoms with Gasteiger partial charge >= 0.3 is 13.8 Å². The molecule has 2 rings (SSSR count). The van der Waals surface area contributed by atoms with Gasteiger partial charge in [-0.05, 0) is 36.1 Å². The van der Waals surface area contributed by atoms with Crippen molar-refractivity contribution in [3.63, 3.8) is 0 Å². The van der Waals surface area contributed by atoms with E-state index in [1.54, 1.807) is 12.1 Å². The van der Waals surface area contributed by atoms with E-state index in [1.165, 1.54) is 19.2 Å². The summed E-state index contributed by atoms with van der Waals surface area (Å²) in [5.41, 5.74) is -0.493. The van der Waals surface area contributed by atoms with Gasteiger partial charge in [-0.25, -0.2) is 9.36 Å². The molecule has 1 aromatic rings. The fourth-order valence-corrected chi connectivity index (χ4v) is 5.39. The topological polar surface area (TPSA) is 172 Å². The number of amides is 1. The minimum atomic E-state index is -4.50. The number of methoxy groups -OCH3 is 2. The summed E-state index contributed by atoms with van der Waals surface area (Å²) >= 11 is 0. The quantitative estimate of drug-likeness (QED) is 0.150. The Bertz CT molecular complexity index is 1040. The minimum Gasteiger partial charge on any atom is -0.467 e. The average Bonchev–Trinajstić information content (AvgIpc) is 2.73. The molecule has 0 aromatic heterocycles. The van der Waals surface area contributed by atoms with Gasteiger partial charge in [-0.15, -0.1) is 0 Å².